The molecule has 0 aromatic carbocycles. The van der Waals surface area contributed by atoms with E-state index in [1.165, 1.54) is 0 Å². The molecule has 2 aromatic rings. The van der Waals surface area contributed by atoms with Crippen molar-refractivity contribution in [2.24, 2.45) is 5.92 Å². The van der Waals surface area contributed by atoms with Crippen LogP contribution in [0.2, 0.25) is 0 Å². The summed E-state index contributed by atoms with van der Waals surface area (Å²) in [6.07, 6.45) is 2.85. The minimum atomic E-state index is -4.09. The van der Waals surface area contributed by atoms with Crippen LogP contribution in [0.3, 0.4) is 0 Å². The first-order valence-corrected chi connectivity index (χ1v) is 7.77. The standard InChI is InChI=1S/C16H19F3N4/c17-16(18,19)13-4-1-5-14(7-13)21-9-12-10-22-23-15(12)11-3-2-6-20-8-11/h2-3,6,8,10,13-14,21H,1,4-5,7,9H2,(H,22,23)/t13-,14-/m1/s1. The molecule has 1 fully saturated rings. The molecule has 2 aromatic heterocycles. The number of H-pyrrole nitrogens is 1. The molecule has 0 radical (unpaired) electrons. The molecule has 0 saturated heterocycles. The Labute approximate surface area is 132 Å². The van der Waals surface area contributed by atoms with Gasteiger partial charge in [-0.1, -0.05) is 6.42 Å². The monoisotopic (exact) mass is 324 g/mol. The van der Waals surface area contributed by atoms with E-state index >= 15 is 0 Å². The number of aromatic amines is 1. The number of halogens is 3. The van der Waals surface area contributed by atoms with Gasteiger partial charge in [-0.2, -0.15) is 18.3 Å². The highest BCUT2D eigenvalue weighted by Crippen LogP contribution is 2.37. The Bertz CT molecular complexity index is 624. The van der Waals surface area contributed by atoms with Gasteiger partial charge in [0.2, 0.25) is 0 Å². The second-order valence-corrected chi connectivity index (χ2v) is 5.99. The molecule has 0 aliphatic heterocycles. The second-order valence-electron chi connectivity index (χ2n) is 5.99. The van der Waals surface area contributed by atoms with Gasteiger partial charge in [0.05, 0.1) is 17.8 Å². The number of hydrogen-bond donors (Lipinski definition) is 2. The molecular weight excluding hydrogens is 305 g/mol. The molecule has 4 nitrogen and oxygen atoms in total. The van der Waals surface area contributed by atoms with Gasteiger partial charge < -0.3 is 5.32 Å². The van der Waals surface area contributed by atoms with E-state index in [2.05, 4.69) is 20.5 Å². The zero-order chi connectivity index (χ0) is 16.3. The minimum absolute atomic E-state index is 0.105. The summed E-state index contributed by atoms with van der Waals surface area (Å²) in [4.78, 5) is 4.08. The summed E-state index contributed by atoms with van der Waals surface area (Å²) in [5.41, 5.74) is 2.71. The van der Waals surface area contributed by atoms with Crippen LogP contribution < -0.4 is 5.32 Å². The summed E-state index contributed by atoms with van der Waals surface area (Å²) in [5.74, 6) is -1.18. The number of alkyl halides is 3. The molecule has 0 unspecified atom stereocenters. The Morgan fingerprint density at radius 1 is 1.26 bits per heavy atom. The Balaban J connectivity index is 1.62. The van der Waals surface area contributed by atoms with E-state index in [9.17, 15) is 13.2 Å². The lowest BCUT2D eigenvalue weighted by Crippen LogP contribution is -2.38. The van der Waals surface area contributed by atoms with Crippen molar-refractivity contribution in [3.05, 3.63) is 36.3 Å². The summed E-state index contributed by atoms with van der Waals surface area (Å²) >= 11 is 0. The Morgan fingerprint density at radius 2 is 2.13 bits per heavy atom. The van der Waals surface area contributed by atoms with E-state index in [-0.39, 0.29) is 18.9 Å². The van der Waals surface area contributed by atoms with Gasteiger partial charge in [-0.15, -0.1) is 0 Å². The first-order valence-electron chi connectivity index (χ1n) is 7.77. The van der Waals surface area contributed by atoms with Crippen LogP contribution >= 0.6 is 0 Å². The third-order valence-corrected chi connectivity index (χ3v) is 4.39. The van der Waals surface area contributed by atoms with Gasteiger partial charge in [-0.05, 0) is 31.4 Å². The molecule has 2 N–H and O–H groups in total. The van der Waals surface area contributed by atoms with E-state index in [1.54, 1.807) is 18.6 Å². The average Bonchev–Trinajstić information content (AvgIpc) is 3.02. The van der Waals surface area contributed by atoms with Crippen molar-refractivity contribution in [1.82, 2.24) is 20.5 Å². The fraction of sp³-hybridized carbons (Fsp3) is 0.500. The highest BCUT2D eigenvalue weighted by Gasteiger charge is 2.42. The Morgan fingerprint density at radius 3 is 2.87 bits per heavy atom. The number of pyridine rings is 1. The number of aromatic nitrogens is 3. The van der Waals surface area contributed by atoms with E-state index in [4.69, 9.17) is 0 Å². The van der Waals surface area contributed by atoms with Crippen LogP contribution in [0.1, 0.15) is 31.2 Å². The van der Waals surface area contributed by atoms with Gasteiger partial charge in [-0.25, -0.2) is 0 Å². The maximum atomic E-state index is 12.9. The Hall–Kier alpha value is -1.89. The largest absolute Gasteiger partial charge is 0.391 e. The van der Waals surface area contributed by atoms with Crippen molar-refractivity contribution >= 4 is 0 Å². The third kappa shape index (κ3) is 3.90. The summed E-state index contributed by atoms with van der Waals surface area (Å²) in [7, 11) is 0. The van der Waals surface area contributed by atoms with Gasteiger partial charge in [0.25, 0.3) is 0 Å². The molecule has 0 amide bonds. The van der Waals surface area contributed by atoms with Crippen molar-refractivity contribution in [2.45, 2.75) is 44.4 Å². The molecule has 1 saturated carbocycles. The predicted octanol–water partition coefficient (Wildman–Crippen LogP) is 3.68. The van der Waals surface area contributed by atoms with Crippen LogP contribution in [-0.2, 0) is 6.54 Å². The first kappa shape index (κ1) is 16.0. The quantitative estimate of drug-likeness (QED) is 0.902. The number of rotatable bonds is 4. The molecule has 0 bridgehead atoms. The van der Waals surface area contributed by atoms with Crippen molar-refractivity contribution in [3.8, 4) is 11.3 Å². The second kappa shape index (κ2) is 6.70. The zero-order valence-electron chi connectivity index (χ0n) is 12.6. The van der Waals surface area contributed by atoms with Crippen LogP contribution in [0.25, 0.3) is 11.3 Å². The molecule has 1 aliphatic rings. The molecule has 0 spiro atoms. The summed E-state index contributed by atoms with van der Waals surface area (Å²) in [6, 6.07) is 3.65. The molecule has 1 aliphatic carbocycles. The van der Waals surface area contributed by atoms with Crippen LogP contribution in [0, 0.1) is 5.92 Å². The molecule has 7 heteroatoms. The fourth-order valence-electron chi connectivity index (χ4n) is 3.13. The van der Waals surface area contributed by atoms with Gasteiger partial charge in [0.15, 0.2) is 0 Å². The first-order chi connectivity index (χ1) is 11.0. The van der Waals surface area contributed by atoms with Crippen LogP contribution in [0.4, 0.5) is 13.2 Å². The zero-order valence-corrected chi connectivity index (χ0v) is 12.6. The maximum absolute atomic E-state index is 12.9. The average molecular weight is 324 g/mol. The number of nitrogens with one attached hydrogen (secondary N) is 2. The lowest BCUT2D eigenvalue weighted by Gasteiger charge is -2.31. The van der Waals surface area contributed by atoms with Crippen LogP contribution in [0.5, 0.6) is 0 Å². The predicted molar refractivity (Wildman–Crippen MR) is 80.5 cm³/mol. The van der Waals surface area contributed by atoms with Gasteiger partial charge in [-0.3, -0.25) is 10.1 Å². The molecule has 124 valence electrons. The normalized spacial score (nSPS) is 22.2. The van der Waals surface area contributed by atoms with Gasteiger partial charge >= 0.3 is 6.18 Å². The van der Waals surface area contributed by atoms with E-state index in [1.807, 2.05) is 12.1 Å². The minimum Gasteiger partial charge on any atom is -0.310 e. The van der Waals surface area contributed by atoms with Crippen molar-refractivity contribution in [3.63, 3.8) is 0 Å². The Kier molecular flexibility index (Phi) is 4.66. The van der Waals surface area contributed by atoms with E-state index in [0.717, 1.165) is 23.2 Å². The fourth-order valence-corrected chi connectivity index (χ4v) is 3.13. The number of hydrogen-bond acceptors (Lipinski definition) is 3. The molecule has 2 atom stereocenters. The van der Waals surface area contributed by atoms with E-state index in [0.29, 0.717) is 13.0 Å². The third-order valence-electron chi connectivity index (χ3n) is 4.39. The van der Waals surface area contributed by atoms with Crippen molar-refractivity contribution < 1.29 is 13.2 Å². The summed E-state index contributed by atoms with van der Waals surface area (Å²) in [6.45, 7) is 0.496. The lowest BCUT2D eigenvalue weighted by molar-refractivity contribution is -0.183. The summed E-state index contributed by atoms with van der Waals surface area (Å²) < 4.78 is 38.6. The molecule has 2 heterocycles. The van der Waals surface area contributed by atoms with Crippen LogP contribution in [-0.4, -0.2) is 27.4 Å². The molecule has 3 rings (SSSR count). The van der Waals surface area contributed by atoms with E-state index < -0.39 is 12.1 Å². The molecular formula is C16H19F3N4. The lowest BCUT2D eigenvalue weighted by atomic mass is 9.85. The SMILES string of the molecule is FC(F)(F)[C@@H]1CCC[C@@H](NCc2cn[nH]c2-c2cccnc2)C1. The van der Waals surface area contributed by atoms with Gasteiger partial charge in [0, 0.05) is 36.1 Å². The maximum Gasteiger partial charge on any atom is 0.391 e. The van der Waals surface area contributed by atoms with Crippen molar-refractivity contribution in [2.75, 3.05) is 0 Å². The van der Waals surface area contributed by atoms with Crippen molar-refractivity contribution in [1.29, 1.82) is 0 Å². The smallest absolute Gasteiger partial charge is 0.310 e. The van der Waals surface area contributed by atoms with Crippen LogP contribution in [0.15, 0.2) is 30.7 Å². The highest BCUT2D eigenvalue weighted by molar-refractivity contribution is 5.61. The highest BCUT2D eigenvalue weighted by atomic mass is 19.4. The van der Waals surface area contributed by atoms with Gasteiger partial charge in [0.1, 0.15) is 0 Å². The molecule has 23 heavy (non-hydrogen) atoms. The number of nitrogens with zero attached hydrogens (tertiary/aromatic N) is 2. The summed E-state index contributed by atoms with van der Waals surface area (Å²) in [5, 5.41) is 10.2. The topological polar surface area (TPSA) is 53.6 Å².